The molecule has 0 radical (unpaired) electrons. The zero-order chi connectivity index (χ0) is 66.6. The third-order valence-corrected chi connectivity index (χ3v) is 19.0. The number of hydrogen-bond acceptors (Lipinski definition) is 15. The maximum absolute atomic E-state index is 13.0. The van der Waals surface area contributed by atoms with Crippen molar-refractivity contribution < 1.29 is 80.2 Å². The smallest absolute Gasteiger partial charge is 0.462 e. The Kier molecular flexibility index (Phi) is 60.6. The summed E-state index contributed by atoms with van der Waals surface area (Å²) in [6, 6.07) is 0. The summed E-state index contributed by atoms with van der Waals surface area (Å²) in [7, 11) is -9.90. The summed E-state index contributed by atoms with van der Waals surface area (Å²) in [6.45, 7) is 11.9. The van der Waals surface area contributed by atoms with Crippen LogP contribution in [0.3, 0.4) is 0 Å². The molecule has 0 aliphatic heterocycles. The number of carbonyl (C=O) groups is 4. The van der Waals surface area contributed by atoms with Gasteiger partial charge in [-0.05, 0) is 43.4 Å². The molecule has 0 saturated heterocycles. The average Bonchev–Trinajstić information content (AvgIpc) is 3.59. The van der Waals surface area contributed by atoms with Crippen molar-refractivity contribution in [1.29, 1.82) is 0 Å². The highest BCUT2D eigenvalue weighted by Gasteiger charge is 2.30. The van der Waals surface area contributed by atoms with Gasteiger partial charge < -0.3 is 33.8 Å². The SMILES string of the molecule is CCCCCCCCCC(=O)OC[C@H](COP(=O)(O)OC[C@H](O)COP(=O)(O)OC[C@@H](COC(=O)CCCCCCCCCCCCC(C)CC)OC(=O)CCCCCCCCCCCCCCCCC(C)C)OC(=O)CCCCCCCCCCC(C)CC. The van der Waals surface area contributed by atoms with Gasteiger partial charge in [0.2, 0.25) is 0 Å². The number of aliphatic hydroxyl groups excluding tert-OH is 1. The third kappa shape index (κ3) is 62.2. The predicted molar refractivity (Wildman–Crippen MR) is 363 cm³/mol. The Labute approximate surface area is 549 Å². The lowest BCUT2D eigenvalue weighted by molar-refractivity contribution is -0.161. The first-order valence-corrected chi connectivity index (χ1v) is 39.9. The van der Waals surface area contributed by atoms with Crippen LogP contribution in [0.1, 0.15) is 357 Å². The Bertz CT molecular complexity index is 1770. The van der Waals surface area contributed by atoms with Crippen LogP contribution in [0.25, 0.3) is 0 Å². The van der Waals surface area contributed by atoms with E-state index in [0.29, 0.717) is 25.7 Å². The van der Waals surface area contributed by atoms with Crippen molar-refractivity contribution in [3.05, 3.63) is 0 Å². The summed E-state index contributed by atoms with van der Waals surface area (Å²) in [6.07, 6.45) is 45.8. The Hall–Kier alpha value is -1.94. The number of ether oxygens (including phenoxy) is 4. The first kappa shape index (κ1) is 88.1. The number of phosphoric ester groups is 2. The molecular formula is C71H138O17P2. The van der Waals surface area contributed by atoms with E-state index in [-0.39, 0.29) is 25.7 Å². The second-order valence-electron chi connectivity index (χ2n) is 26.6. The van der Waals surface area contributed by atoms with Gasteiger partial charge in [0, 0.05) is 25.7 Å². The van der Waals surface area contributed by atoms with Gasteiger partial charge in [-0.15, -0.1) is 0 Å². The minimum atomic E-state index is -4.95. The van der Waals surface area contributed by atoms with Gasteiger partial charge in [0.15, 0.2) is 12.2 Å². The standard InChI is InChI=1S/C71H138O17P2/c1-8-11-12-13-28-38-45-52-68(73)81-58-66(88-71(76)55-48-41-34-27-26-31-37-44-51-64(7)10-3)60-85-89(77,78)83-56-65(72)57-84-90(79,80)86-61-67(59-82-69(74)53-46-39-32-24-21-20-23-30-36-43-50-63(6)9-2)87-70(75)54-47-40-33-25-19-17-15-14-16-18-22-29-35-42-49-62(4)5/h62-67,72H,8-61H2,1-7H3,(H,77,78)(H,79,80)/t63?,64?,65-,66+,67+/m0/s1. The van der Waals surface area contributed by atoms with Gasteiger partial charge >= 0.3 is 39.5 Å². The van der Waals surface area contributed by atoms with Crippen molar-refractivity contribution in [3.8, 4) is 0 Å². The van der Waals surface area contributed by atoms with Gasteiger partial charge in [-0.25, -0.2) is 9.13 Å². The lowest BCUT2D eigenvalue weighted by Crippen LogP contribution is -2.30. The van der Waals surface area contributed by atoms with E-state index < -0.39 is 97.5 Å². The maximum atomic E-state index is 13.0. The van der Waals surface area contributed by atoms with Crippen molar-refractivity contribution in [2.24, 2.45) is 17.8 Å². The number of hydrogen-bond donors (Lipinski definition) is 3. The van der Waals surface area contributed by atoms with Crippen LogP contribution in [0.15, 0.2) is 0 Å². The lowest BCUT2D eigenvalue weighted by atomic mass is 9.99. The fraction of sp³-hybridized carbons (Fsp3) is 0.944. The number of esters is 4. The molecule has 0 bridgehead atoms. The van der Waals surface area contributed by atoms with E-state index in [1.165, 1.54) is 154 Å². The van der Waals surface area contributed by atoms with Crippen LogP contribution in [-0.2, 0) is 65.4 Å². The zero-order valence-corrected chi connectivity index (χ0v) is 60.4. The van der Waals surface area contributed by atoms with Crippen molar-refractivity contribution in [2.75, 3.05) is 39.6 Å². The first-order chi connectivity index (χ1) is 43.3. The van der Waals surface area contributed by atoms with E-state index in [1.54, 1.807) is 0 Å². The molecule has 90 heavy (non-hydrogen) atoms. The van der Waals surface area contributed by atoms with Crippen molar-refractivity contribution in [3.63, 3.8) is 0 Å². The zero-order valence-electron chi connectivity index (χ0n) is 58.6. The van der Waals surface area contributed by atoms with E-state index in [9.17, 15) is 43.2 Å². The molecule has 0 heterocycles. The predicted octanol–water partition coefficient (Wildman–Crippen LogP) is 20.2. The second-order valence-corrected chi connectivity index (χ2v) is 29.5. The van der Waals surface area contributed by atoms with E-state index >= 15 is 0 Å². The molecular weight excluding hydrogens is 1190 g/mol. The van der Waals surface area contributed by atoms with Crippen LogP contribution in [0.5, 0.6) is 0 Å². The van der Waals surface area contributed by atoms with Crippen LogP contribution < -0.4 is 0 Å². The summed E-state index contributed by atoms with van der Waals surface area (Å²) < 4.78 is 68.2. The van der Waals surface area contributed by atoms with Crippen LogP contribution in [0.4, 0.5) is 0 Å². The fourth-order valence-electron chi connectivity index (χ4n) is 10.7. The largest absolute Gasteiger partial charge is 0.472 e. The summed E-state index contributed by atoms with van der Waals surface area (Å²) >= 11 is 0. The quantitative estimate of drug-likeness (QED) is 0.0222. The molecule has 0 aromatic rings. The normalized spacial score (nSPS) is 14.8. The van der Waals surface area contributed by atoms with E-state index in [2.05, 4.69) is 48.5 Å². The number of phosphoric acid groups is 2. The lowest BCUT2D eigenvalue weighted by Gasteiger charge is -2.21. The van der Waals surface area contributed by atoms with Gasteiger partial charge in [-0.1, -0.05) is 305 Å². The molecule has 3 N–H and O–H groups in total. The molecule has 17 nitrogen and oxygen atoms in total. The van der Waals surface area contributed by atoms with Crippen molar-refractivity contribution in [2.45, 2.75) is 375 Å². The Morgan fingerprint density at radius 2 is 0.567 bits per heavy atom. The van der Waals surface area contributed by atoms with Gasteiger partial charge in [0.1, 0.15) is 19.3 Å². The molecule has 0 saturated carbocycles. The Morgan fingerprint density at radius 1 is 0.322 bits per heavy atom. The maximum Gasteiger partial charge on any atom is 0.472 e. The third-order valence-electron chi connectivity index (χ3n) is 17.1. The minimum Gasteiger partial charge on any atom is -0.462 e. The monoisotopic (exact) mass is 1320 g/mol. The number of rotatable bonds is 69. The van der Waals surface area contributed by atoms with Gasteiger partial charge in [0.05, 0.1) is 26.4 Å². The fourth-order valence-corrected chi connectivity index (χ4v) is 12.2. The number of aliphatic hydroxyl groups is 1. The highest BCUT2D eigenvalue weighted by atomic mass is 31.2. The minimum absolute atomic E-state index is 0.104. The average molecular weight is 1330 g/mol. The van der Waals surface area contributed by atoms with Gasteiger partial charge in [0.25, 0.3) is 0 Å². The van der Waals surface area contributed by atoms with E-state index in [4.69, 9.17) is 37.0 Å². The molecule has 0 spiro atoms. The first-order valence-electron chi connectivity index (χ1n) is 36.9. The molecule has 0 aromatic heterocycles. The van der Waals surface area contributed by atoms with E-state index in [1.807, 2.05) is 0 Å². The van der Waals surface area contributed by atoms with Crippen molar-refractivity contribution >= 4 is 39.5 Å². The van der Waals surface area contributed by atoms with Crippen LogP contribution in [0, 0.1) is 17.8 Å². The van der Waals surface area contributed by atoms with Crippen LogP contribution in [0.2, 0.25) is 0 Å². The molecule has 0 aliphatic carbocycles. The second kappa shape index (κ2) is 61.9. The van der Waals surface area contributed by atoms with Crippen LogP contribution >= 0.6 is 15.6 Å². The molecule has 7 atom stereocenters. The van der Waals surface area contributed by atoms with E-state index in [0.717, 1.165) is 120 Å². The van der Waals surface area contributed by atoms with Gasteiger partial charge in [-0.2, -0.15) is 0 Å². The molecule has 0 rings (SSSR count). The summed E-state index contributed by atoms with van der Waals surface area (Å²) in [4.78, 5) is 72.5. The summed E-state index contributed by atoms with van der Waals surface area (Å²) in [5.74, 6) is 0.245. The van der Waals surface area contributed by atoms with Crippen LogP contribution in [-0.4, -0.2) is 96.7 Å². The molecule has 4 unspecified atom stereocenters. The molecule has 19 heteroatoms. The molecule has 0 aromatic carbocycles. The topological polar surface area (TPSA) is 237 Å². The highest BCUT2D eigenvalue weighted by molar-refractivity contribution is 7.47. The molecule has 0 aliphatic rings. The summed E-state index contributed by atoms with van der Waals surface area (Å²) in [5, 5.41) is 10.6. The molecule has 0 fully saturated rings. The summed E-state index contributed by atoms with van der Waals surface area (Å²) in [5.41, 5.74) is 0. The van der Waals surface area contributed by atoms with Gasteiger partial charge in [-0.3, -0.25) is 37.3 Å². The molecule has 0 amide bonds. The van der Waals surface area contributed by atoms with Crippen molar-refractivity contribution in [1.82, 2.24) is 0 Å². The Balaban J connectivity index is 5.22. The number of unbranched alkanes of at least 4 members (excludes halogenated alkanes) is 35. The Morgan fingerprint density at radius 3 is 0.844 bits per heavy atom. The molecule has 534 valence electrons. The highest BCUT2D eigenvalue weighted by Crippen LogP contribution is 2.45. The number of carbonyl (C=O) groups excluding carboxylic acids is 4.